The number of hydrogen-bond acceptors (Lipinski definition) is 4. The Bertz CT molecular complexity index is 1220. The largest absolute Gasteiger partial charge is 0.289 e. The lowest BCUT2D eigenvalue weighted by atomic mass is 9.98. The summed E-state index contributed by atoms with van der Waals surface area (Å²) in [6.07, 6.45) is 9.65. The molecule has 0 unspecified atom stereocenters. The second-order valence-corrected chi connectivity index (χ2v) is 8.47. The van der Waals surface area contributed by atoms with Gasteiger partial charge in [-0.15, -0.1) is 0 Å². The van der Waals surface area contributed by atoms with Crippen molar-refractivity contribution in [3.05, 3.63) is 71.3 Å². The average Bonchev–Trinajstić information content (AvgIpc) is 3.39. The van der Waals surface area contributed by atoms with Gasteiger partial charge in [-0.1, -0.05) is 23.8 Å². The molecule has 2 aliphatic heterocycles. The number of aryl methyl sites for hydroxylation is 2. The molecule has 29 heavy (non-hydrogen) atoms. The number of nitrogens with zero attached hydrogens (tertiary/aromatic N) is 6. The standard InChI is InChI=1S/C23H24N6/c1-15-4-3-5-17(8-15)20-10-23-24-12-19-21-7-6-18(9-22(19)29(23)26-20)28(21)14-16-11-25-27(2)13-16/h3-5,8,10-13,18,21H,6-7,9,14H2,1-2H3/t18-,21-/m0/s1. The van der Waals surface area contributed by atoms with E-state index in [4.69, 9.17) is 10.1 Å². The van der Waals surface area contributed by atoms with Gasteiger partial charge >= 0.3 is 0 Å². The summed E-state index contributed by atoms with van der Waals surface area (Å²) < 4.78 is 3.98. The molecule has 0 radical (unpaired) electrons. The first-order valence-electron chi connectivity index (χ1n) is 10.3. The molecule has 0 N–H and O–H groups in total. The van der Waals surface area contributed by atoms with Crippen LogP contribution in [0.4, 0.5) is 0 Å². The van der Waals surface area contributed by atoms with Gasteiger partial charge in [-0.2, -0.15) is 10.2 Å². The number of fused-ring (bicyclic) bond motifs is 6. The SMILES string of the molecule is Cc1cccc(-c2cc3ncc4c(n3n2)C[C@@H]2CC[C@@H]4N2Cc2cnn(C)c2)c1. The molecule has 0 amide bonds. The van der Waals surface area contributed by atoms with Crippen molar-refractivity contribution in [3.8, 4) is 11.3 Å². The number of hydrogen-bond donors (Lipinski definition) is 0. The van der Waals surface area contributed by atoms with Gasteiger partial charge in [0, 0.05) is 67.2 Å². The highest BCUT2D eigenvalue weighted by atomic mass is 15.3. The zero-order valence-corrected chi connectivity index (χ0v) is 16.8. The molecule has 2 aliphatic rings. The summed E-state index contributed by atoms with van der Waals surface area (Å²) in [7, 11) is 1.98. The highest BCUT2D eigenvalue weighted by Crippen LogP contribution is 2.44. The Balaban J connectivity index is 1.40. The zero-order valence-electron chi connectivity index (χ0n) is 16.8. The average molecular weight is 384 g/mol. The molecule has 1 aromatic carbocycles. The van der Waals surface area contributed by atoms with E-state index in [2.05, 4.69) is 64.2 Å². The van der Waals surface area contributed by atoms with Crippen LogP contribution < -0.4 is 0 Å². The first-order chi connectivity index (χ1) is 14.2. The maximum absolute atomic E-state index is 4.97. The van der Waals surface area contributed by atoms with E-state index in [-0.39, 0.29) is 0 Å². The van der Waals surface area contributed by atoms with Crippen LogP contribution in [-0.2, 0) is 20.0 Å². The molecule has 3 aromatic heterocycles. The molecule has 6 rings (SSSR count). The van der Waals surface area contributed by atoms with Gasteiger partial charge in [-0.25, -0.2) is 9.50 Å². The first-order valence-corrected chi connectivity index (χ1v) is 10.3. The van der Waals surface area contributed by atoms with Gasteiger partial charge in [0.2, 0.25) is 0 Å². The van der Waals surface area contributed by atoms with E-state index in [1.807, 2.05) is 17.9 Å². The summed E-state index contributed by atoms with van der Waals surface area (Å²) in [6, 6.07) is 11.6. The third kappa shape index (κ3) is 2.70. The number of benzene rings is 1. The van der Waals surface area contributed by atoms with E-state index in [0.717, 1.165) is 29.9 Å². The van der Waals surface area contributed by atoms with Crippen molar-refractivity contribution in [2.75, 3.05) is 0 Å². The fourth-order valence-corrected chi connectivity index (χ4v) is 5.14. The zero-order chi connectivity index (χ0) is 19.5. The van der Waals surface area contributed by atoms with Crippen LogP contribution in [0.25, 0.3) is 16.9 Å². The van der Waals surface area contributed by atoms with E-state index in [9.17, 15) is 0 Å². The maximum Gasteiger partial charge on any atom is 0.155 e. The molecule has 1 saturated heterocycles. The molecule has 2 bridgehead atoms. The van der Waals surface area contributed by atoms with Crippen molar-refractivity contribution in [1.82, 2.24) is 29.3 Å². The minimum absolute atomic E-state index is 0.424. The smallest absolute Gasteiger partial charge is 0.155 e. The van der Waals surface area contributed by atoms with Gasteiger partial charge in [0.25, 0.3) is 0 Å². The highest BCUT2D eigenvalue weighted by molar-refractivity contribution is 5.65. The molecule has 5 heterocycles. The van der Waals surface area contributed by atoms with E-state index in [1.165, 1.54) is 35.2 Å². The molecule has 2 atom stereocenters. The van der Waals surface area contributed by atoms with E-state index >= 15 is 0 Å². The monoisotopic (exact) mass is 384 g/mol. The second kappa shape index (κ2) is 6.26. The first kappa shape index (κ1) is 16.9. The van der Waals surface area contributed by atoms with Crippen LogP contribution in [0.1, 0.15) is 41.3 Å². The second-order valence-electron chi connectivity index (χ2n) is 8.47. The fraction of sp³-hybridized carbons (Fsp3) is 0.348. The Labute approximate surface area is 169 Å². The van der Waals surface area contributed by atoms with Crippen molar-refractivity contribution < 1.29 is 0 Å². The minimum Gasteiger partial charge on any atom is -0.289 e. The van der Waals surface area contributed by atoms with E-state index < -0.39 is 0 Å². The van der Waals surface area contributed by atoms with Gasteiger partial charge < -0.3 is 0 Å². The summed E-state index contributed by atoms with van der Waals surface area (Å²) in [5, 5.41) is 9.31. The third-order valence-corrected chi connectivity index (χ3v) is 6.48. The molecule has 146 valence electrons. The molecular weight excluding hydrogens is 360 g/mol. The third-order valence-electron chi connectivity index (χ3n) is 6.48. The molecule has 6 nitrogen and oxygen atoms in total. The van der Waals surface area contributed by atoms with Gasteiger partial charge in [0.1, 0.15) is 0 Å². The van der Waals surface area contributed by atoms with Crippen molar-refractivity contribution in [1.29, 1.82) is 0 Å². The van der Waals surface area contributed by atoms with Crippen molar-refractivity contribution in [2.45, 2.75) is 44.8 Å². The van der Waals surface area contributed by atoms with Crippen LogP contribution in [0.2, 0.25) is 0 Å². The van der Waals surface area contributed by atoms with Crippen LogP contribution in [0.3, 0.4) is 0 Å². The molecular formula is C23H24N6. The van der Waals surface area contributed by atoms with Gasteiger partial charge in [0.15, 0.2) is 5.65 Å². The summed E-state index contributed by atoms with van der Waals surface area (Å²) in [6.45, 7) is 3.07. The lowest BCUT2D eigenvalue weighted by molar-refractivity contribution is 0.165. The highest BCUT2D eigenvalue weighted by Gasteiger charge is 2.41. The van der Waals surface area contributed by atoms with Crippen molar-refractivity contribution in [3.63, 3.8) is 0 Å². The normalized spacial score (nSPS) is 21.0. The van der Waals surface area contributed by atoms with Crippen molar-refractivity contribution >= 4 is 5.65 Å². The van der Waals surface area contributed by atoms with Crippen LogP contribution in [-0.4, -0.2) is 35.3 Å². The molecule has 0 aliphatic carbocycles. The van der Waals surface area contributed by atoms with Crippen LogP contribution in [0, 0.1) is 6.92 Å². The summed E-state index contributed by atoms with van der Waals surface area (Å²) >= 11 is 0. The predicted molar refractivity (Wildman–Crippen MR) is 111 cm³/mol. The Kier molecular flexibility index (Phi) is 3.65. The van der Waals surface area contributed by atoms with Crippen LogP contribution in [0.5, 0.6) is 0 Å². The molecule has 4 aromatic rings. The van der Waals surface area contributed by atoms with Crippen LogP contribution >= 0.6 is 0 Å². The minimum atomic E-state index is 0.424. The Morgan fingerprint density at radius 1 is 1.14 bits per heavy atom. The van der Waals surface area contributed by atoms with Crippen molar-refractivity contribution in [2.24, 2.45) is 7.05 Å². The lowest BCUT2D eigenvalue weighted by Gasteiger charge is -2.35. The quantitative estimate of drug-likeness (QED) is 0.540. The topological polar surface area (TPSA) is 51.2 Å². The van der Waals surface area contributed by atoms with Gasteiger partial charge in [-0.3, -0.25) is 9.58 Å². The molecule has 1 fully saturated rings. The number of aromatic nitrogens is 5. The molecule has 0 saturated carbocycles. The summed E-state index contributed by atoms with van der Waals surface area (Å²) in [4.78, 5) is 7.42. The van der Waals surface area contributed by atoms with Gasteiger partial charge in [-0.05, 0) is 25.8 Å². The van der Waals surface area contributed by atoms with Crippen LogP contribution in [0.15, 0.2) is 48.9 Å². The Hall–Kier alpha value is -2.99. The fourth-order valence-electron chi connectivity index (χ4n) is 5.14. The van der Waals surface area contributed by atoms with Gasteiger partial charge in [0.05, 0.1) is 17.6 Å². The summed E-state index contributed by atoms with van der Waals surface area (Å²) in [5.41, 5.74) is 8.31. The van der Waals surface area contributed by atoms with E-state index in [1.54, 1.807) is 0 Å². The summed E-state index contributed by atoms with van der Waals surface area (Å²) in [5.74, 6) is 0. The maximum atomic E-state index is 4.97. The lowest BCUT2D eigenvalue weighted by Crippen LogP contribution is -2.38. The predicted octanol–water partition coefficient (Wildman–Crippen LogP) is 3.70. The number of rotatable bonds is 3. The Morgan fingerprint density at radius 3 is 2.90 bits per heavy atom. The molecule has 6 heteroatoms. The van der Waals surface area contributed by atoms with E-state index in [0.29, 0.717) is 12.1 Å². The Morgan fingerprint density at radius 2 is 2.07 bits per heavy atom. The molecule has 0 spiro atoms.